The van der Waals surface area contributed by atoms with Crippen LogP contribution in [0, 0.1) is 0 Å². The lowest BCUT2D eigenvalue weighted by Gasteiger charge is -2.25. The van der Waals surface area contributed by atoms with Crippen LogP contribution in [0.1, 0.15) is 97.3 Å². The van der Waals surface area contributed by atoms with Crippen LogP contribution in [0.2, 0.25) is 0 Å². The van der Waals surface area contributed by atoms with E-state index in [0.717, 1.165) is 19.3 Å². The van der Waals surface area contributed by atoms with E-state index in [2.05, 4.69) is 6.92 Å². The number of hydrogen-bond acceptors (Lipinski definition) is 6. The van der Waals surface area contributed by atoms with Gasteiger partial charge < -0.3 is 10.6 Å². The van der Waals surface area contributed by atoms with Crippen LogP contribution in [0.25, 0.3) is 0 Å². The van der Waals surface area contributed by atoms with Crippen LogP contribution in [0.3, 0.4) is 0 Å². The lowest BCUT2D eigenvalue weighted by atomic mass is 9.89. The first-order valence-corrected chi connectivity index (χ1v) is 10.3. The van der Waals surface area contributed by atoms with Gasteiger partial charge in [-0.2, -0.15) is 0 Å². The monoisotopic (exact) mass is 382 g/mol. The van der Waals surface area contributed by atoms with E-state index in [9.17, 15) is 19.2 Å². The number of carbonyl (C=O) groups is 4. The third-order valence-corrected chi connectivity index (χ3v) is 5.11. The van der Waals surface area contributed by atoms with Crippen LogP contribution in [0.4, 0.5) is 0 Å². The van der Waals surface area contributed by atoms with E-state index >= 15 is 0 Å². The van der Waals surface area contributed by atoms with Gasteiger partial charge in [-0.3, -0.25) is 14.4 Å². The Morgan fingerprint density at radius 2 is 1.41 bits per heavy atom. The van der Waals surface area contributed by atoms with Gasteiger partial charge in [-0.25, -0.2) is 4.79 Å². The zero-order valence-corrected chi connectivity index (χ0v) is 16.8. The Morgan fingerprint density at radius 3 is 1.89 bits per heavy atom. The van der Waals surface area contributed by atoms with Crippen molar-refractivity contribution in [3.05, 3.63) is 0 Å². The van der Waals surface area contributed by atoms with Crippen LogP contribution in [0.5, 0.6) is 0 Å². The fourth-order valence-corrected chi connectivity index (χ4v) is 3.10. The summed E-state index contributed by atoms with van der Waals surface area (Å²) in [7, 11) is 0. The molecule has 0 spiro atoms. The Balaban J connectivity index is 2.35. The average Bonchev–Trinajstić information content (AvgIpc) is 2.97. The first-order valence-electron chi connectivity index (χ1n) is 10.3. The molecule has 7 nitrogen and oxygen atoms in total. The molecule has 1 saturated heterocycles. The van der Waals surface area contributed by atoms with E-state index < -0.39 is 29.1 Å². The predicted molar refractivity (Wildman–Crippen MR) is 101 cm³/mol. The van der Waals surface area contributed by atoms with Gasteiger partial charge in [0.15, 0.2) is 11.3 Å². The summed E-state index contributed by atoms with van der Waals surface area (Å²) >= 11 is 0. The second-order valence-corrected chi connectivity index (χ2v) is 7.29. The average molecular weight is 383 g/mol. The van der Waals surface area contributed by atoms with E-state index in [0.29, 0.717) is 11.5 Å². The zero-order valence-electron chi connectivity index (χ0n) is 16.8. The van der Waals surface area contributed by atoms with Gasteiger partial charge in [0.1, 0.15) is 0 Å². The molecule has 1 rings (SSSR count). The molecule has 0 radical (unpaired) electrons. The minimum atomic E-state index is -1.82. The molecule has 0 aromatic rings. The molecule has 2 N–H and O–H groups in total. The summed E-state index contributed by atoms with van der Waals surface area (Å²) in [5, 5.41) is 0.436. The minimum Gasteiger partial charge on any atom is -0.328 e. The summed E-state index contributed by atoms with van der Waals surface area (Å²) in [6, 6.07) is 0. The highest BCUT2D eigenvalue weighted by Gasteiger charge is 2.44. The Hall–Kier alpha value is -1.76. The number of hydroxylamine groups is 2. The van der Waals surface area contributed by atoms with Crippen LogP contribution in [0.15, 0.2) is 0 Å². The highest BCUT2D eigenvalue weighted by Crippen LogP contribution is 2.20. The van der Waals surface area contributed by atoms with Gasteiger partial charge in [-0.1, -0.05) is 65.2 Å². The first-order chi connectivity index (χ1) is 12.9. The van der Waals surface area contributed by atoms with E-state index in [-0.39, 0.29) is 25.7 Å². The van der Waals surface area contributed by atoms with Crippen molar-refractivity contribution in [2.75, 3.05) is 0 Å². The van der Waals surface area contributed by atoms with Gasteiger partial charge in [0.2, 0.25) is 0 Å². The first kappa shape index (κ1) is 23.3. The number of ketones is 1. The maximum Gasteiger partial charge on any atom is 0.360 e. The second-order valence-electron chi connectivity index (χ2n) is 7.29. The van der Waals surface area contributed by atoms with Crippen LogP contribution >= 0.6 is 0 Å². The third-order valence-electron chi connectivity index (χ3n) is 5.11. The fraction of sp³-hybridized carbons (Fsp3) is 0.800. The molecule has 1 atom stereocenters. The van der Waals surface area contributed by atoms with Crippen molar-refractivity contribution >= 4 is 23.6 Å². The second kappa shape index (κ2) is 11.8. The summed E-state index contributed by atoms with van der Waals surface area (Å²) < 4.78 is 0. The Morgan fingerprint density at radius 1 is 0.926 bits per heavy atom. The molecule has 7 heteroatoms. The van der Waals surface area contributed by atoms with E-state index in [1.807, 2.05) is 0 Å². The predicted octanol–water partition coefficient (Wildman–Crippen LogP) is 3.19. The number of rotatable bonds is 14. The molecular weight excluding hydrogens is 348 g/mol. The summed E-state index contributed by atoms with van der Waals surface area (Å²) in [5.74, 6) is -2.61. The molecule has 27 heavy (non-hydrogen) atoms. The summed E-state index contributed by atoms with van der Waals surface area (Å²) in [6.07, 6.45) is 10.3. The maximum atomic E-state index is 12.5. The van der Waals surface area contributed by atoms with Gasteiger partial charge in [0, 0.05) is 19.3 Å². The van der Waals surface area contributed by atoms with Crippen LogP contribution < -0.4 is 5.73 Å². The normalized spacial score (nSPS) is 16.5. The molecule has 0 bridgehead atoms. The molecule has 1 unspecified atom stereocenters. The molecule has 1 heterocycles. The molecule has 1 aliphatic rings. The Bertz CT molecular complexity index is 518. The quantitative estimate of drug-likeness (QED) is 0.281. The number of carbonyl (C=O) groups excluding carboxylic acids is 4. The number of amides is 2. The van der Waals surface area contributed by atoms with Crippen molar-refractivity contribution in [1.82, 2.24) is 5.06 Å². The standard InChI is InChI=1S/C20H34N2O5/c1-3-5-6-7-8-9-10-11-12-13-16(23)20(21,4-2)19(26)27-22-17(24)14-15-18(22)25/h3-15,21H2,1-2H3. The molecular formula is C20H34N2O5. The van der Waals surface area contributed by atoms with Crippen molar-refractivity contribution in [3.63, 3.8) is 0 Å². The number of unbranched alkanes of at least 4 members (excludes halogenated alkanes) is 8. The van der Waals surface area contributed by atoms with Crippen molar-refractivity contribution in [3.8, 4) is 0 Å². The van der Waals surface area contributed by atoms with Crippen LogP contribution in [-0.2, 0) is 24.0 Å². The molecule has 0 aliphatic carbocycles. The summed E-state index contributed by atoms with van der Waals surface area (Å²) in [4.78, 5) is 52.8. The highest BCUT2D eigenvalue weighted by molar-refractivity contribution is 6.09. The van der Waals surface area contributed by atoms with Gasteiger partial charge >= 0.3 is 5.97 Å². The third kappa shape index (κ3) is 7.05. The maximum absolute atomic E-state index is 12.5. The van der Waals surface area contributed by atoms with Crippen molar-refractivity contribution in [2.24, 2.45) is 5.73 Å². The smallest absolute Gasteiger partial charge is 0.328 e. The molecule has 0 aromatic carbocycles. The van der Waals surface area contributed by atoms with Crippen molar-refractivity contribution in [2.45, 2.75) is 103 Å². The SMILES string of the molecule is CCCCCCCCCCCC(=O)C(N)(CC)C(=O)ON1C(=O)CCC1=O. The number of hydrogen-bond donors (Lipinski definition) is 1. The van der Waals surface area contributed by atoms with Gasteiger partial charge in [-0.15, -0.1) is 5.06 Å². The highest BCUT2D eigenvalue weighted by atomic mass is 16.7. The van der Waals surface area contributed by atoms with Gasteiger partial charge in [0.05, 0.1) is 0 Å². The molecule has 1 aliphatic heterocycles. The number of nitrogens with two attached hydrogens (primary N) is 1. The van der Waals surface area contributed by atoms with E-state index in [1.165, 1.54) is 32.1 Å². The molecule has 0 saturated carbocycles. The number of Topliss-reactive ketones (excluding diaryl/α,β-unsaturated/α-hetero) is 1. The fourth-order valence-electron chi connectivity index (χ4n) is 3.10. The van der Waals surface area contributed by atoms with Crippen LogP contribution in [-0.4, -0.2) is 34.2 Å². The van der Waals surface area contributed by atoms with E-state index in [4.69, 9.17) is 10.6 Å². The topological polar surface area (TPSA) is 107 Å². The molecule has 1 fully saturated rings. The van der Waals surface area contributed by atoms with Gasteiger partial charge in [-0.05, 0) is 12.8 Å². The lowest BCUT2D eigenvalue weighted by Crippen LogP contribution is -2.57. The Kier molecular flexibility index (Phi) is 10.2. The van der Waals surface area contributed by atoms with E-state index in [1.54, 1.807) is 6.92 Å². The molecule has 2 amide bonds. The molecule has 154 valence electrons. The summed E-state index contributed by atoms with van der Waals surface area (Å²) in [5.41, 5.74) is 4.17. The zero-order chi connectivity index (χ0) is 20.3. The largest absolute Gasteiger partial charge is 0.360 e. The number of nitrogens with zero attached hydrogens (tertiary/aromatic N) is 1. The Labute approximate surface area is 161 Å². The summed E-state index contributed by atoms with van der Waals surface area (Å²) in [6.45, 7) is 3.81. The lowest BCUT2D eigenvalue weighted by molar-refractivity contribution is -0.201. The van der Waals surface area contributed by atoms with Crippen molar-refractivity contribution in [1.29, 1.82) is 0 Å². The van der Waals surface area contributed by atoms with Crippen molar-refractivity contribution < 1.29 is 24.0 Å². The van der Waals surface area contributed by atoms with Gasteiger partial charge in [0.25, 0.3) is 11.8 Å². The molecule has 0 aromatic heterocycles. The number of imide groups is 1. The minimum absolute atomic E-state index is 0.00218.